The summed E-state index contributed by atoms with van der Waals surface area (Å²) in [5.74, 6) is -1.32. The molecule has 10 heteroatoms. The minimum atomic E-state index is -0.683. The van der Waals surface area contributed by atoms with Gasteiger partial charge in [0, 0.05) is 11.4 Å². The number of hydrazine groups is 1. The second kappa shape index (κ2) is 9.94. The van der Waals surface area contributed by atoms with Crippen molar-refractivity contribution in [2.24, 2.45) is 0 Å². The van der Waals surface area contributed by atoms with E-state index in [1.54, 1.807) is 56.3 Å². The van der Waals surface area contributed by atoms with Crippen molar-refractivity contribution >= 4 is 34.3 Å². The predicted molar refractivity (Wildman–Crippen MR) is 125 cm³/mol. The zero-order valence-electron chi connectivity index (χ0n) is 18.8. The van der Waals surface area contributed by atoms with Crippen molar-refractivity contribution in [2.45, 2.75) is 39.8 Å². The van der Waals surface area contributed by atoms with E-state index in [1.165, 1.54) is 10.7 Å². The molecular formula is C23H26N6O4. The van der Waals surface area contributed by atoms with Gasteiger partial charge in [-0.1, -0.05) is 30.3 Å². The van der Waals surface area contributed by atoms with Gasteiger partial charge in [-0.2, -0.15) is 5.10 Å². The third kappa shape index (κ3) is 5.35. The van der Waals surface area contributed by atoms with Gasteiger partial charge in [0.2, 0.25) is 0 Å². The van der Waals surface area contributed by atoms with Gasteiger partial charge in [-0.05, 0) is 45.9 Å². The zero-order chi connectivity index (χ0) is 24.1. The molecular weight excluding hydrogens is 424 g/mol. The highest BCUT2D eigenvalue weighted by Gasteiger charge is 2.19. The lowest BCUT2D eigenvalue weighted by molar-refractivity contribution is 0.0844. The number of rotatable bonds is 5. The fourth-order valence-electron chi connectivity index (χ4n) is 3.18. The molecule has 0 saturated heterocycles. The summed E-state index contributed by atoms with van der Waals surface area (Å²) >= 11 is 0. The van der Waals surface area contributed by atoms with Crippen molar-refractivity contribution in [3.8, 4) is 0 Å². The molecule has 0 atom stereocenters. The quantitative estimate of drug-likeness (QED) is 0.443. The smallest absolute Gasteiger partial charge is 0.319 e. The molecule has 1 heterocycles. The molecule has 0 saturated carbocycles. The van der Waals surface area contributed by atoms with Gasteiger partial charge >= 0.3 is 6.03 Å². The first-order valence-corrected chi connectivity index (χ1v) is 10.5. The van der Waals surface area contributed by atoms with Crippen molar-refractivity contribution in [2.75, 3.05) is 5.32 Å². The molecule has 0 aliphatic rings. The van der Waals surface area contributed by atoms with Crippen LogP contribution in [-0.4, -0.2) is 33.7 Å². The molecule has 3 rings (SSSR count). The molecule has 3 aromatic rings. The van der Waals surface area contributed by atoms with E-state index in [0.29, 0.717) is 10.8 Å². The molecule has 0 fully saturated rings. The molecule has 0 unspecified atom stereocenters. The Morgan fingerprint density at radius 3 is 2.12 bits per heavy atom. The molecule has 4 N–H and O–H groups in total. The largest absolute Gasteiger partial charge is 0.336 e. The second-order valence-corrected chi connectivity index (χ2v) is 7.94. The first-order chi connectivity index (χ1) is 15.7. The Balaban J connectivity index is 1.82. The number of urea groups is 1. The third-order valence-electron chi connectivity index (χ3n) is 4.66. The molecule has 33 heavy (non-hydrogen) atoms. The van der Waals surface area contributed by atoms with Crippen molar-refractivity contribution in [1.82, 2.24) is 25.9 Å². The number of nitrogens with zero attached hydrogens (tertiary/aromatic N) is 2. The molecule has 0 spiro atoms. The van der Waals surface area contributed by atoms with Crippen LogP contribution in [0.4, 0.5) is 10.5 Å². The van der Waals surface area contributed by atoms with Crippen LogP contribution in [0.2, 0.25) is 0 Å². The normalized spacial score (nSPS) is 10.8. The van der Waals surface area contributed by atoms with Gasteiger partial charge in [-0.25, -0.2) is 9.48 Å². The van der Waals surface area contributed by atoms with Crippen LogP contribution in [-0.2, 0) is 0 Å². The van der Waals surface area contributed by atoms with Crippen LogP contribution in [0.15, 0.2) is 53.3 Å². The Bertz CT molecular complexity index is 1270. The lowest BCUT2D eigenvalue weighted by atomic mass is 10.1. The van der Waals surface area contributed by atoms with E-state index in [9.17, 15) is 19.2 Å². The van der Waals surface area contributed by atoms with Gasteiger partial charge in [0.25, 0.3) is 17.4 Å². The lowest BCUT2D eigenvalue weighted by Gasteiger charge is -2.15. The predicted octanol–water partition coefficient (Wildman–Crippen LogP) is 2.58. The Hall–Kier alpha value is -4.21. The van der Waals surface area contributed by atoms with Gasteiger partial charge < -0.3 is 10.6 Å². The van der Waals surface area contributed by atoms with Crippen LogP contribution in [0, 0.1) is 0 Å². The Kier molecular flexibility index (Phi) is 7.07. The fraction of sp³-hybridized carbons (Fsp3) is 0.261. The highest BCUT2D eigenvalue weighted by molar-refractivity contribution is 6.07. The third-order valence-corrected chi connectivity index (χ3v) is 4.66. The molecule has 4 amide bonds. The van der Waals surface area contributed by atoms with Crippen LogP contribution in [0.1, 0.15) is 54.6 Å². The van der Waals surface area contributed by atoms with E-state index < -0.39 is 17.8 Å². The first-order valence-electron chi connectivity index (χ1n) is 10.5. The maximum Gasteiger partial charge on any atom is 0.319 e. The minimum Gasteiger partial charge on any atom is -0.336 e. The van der Waals surface area contributed by atoms with Crippen LogP contribution >= 0.6 is 0 Å². The van der Waals surface area contributed by atoms with E-state index in [4.69, 9.17) is 0 Å². The number of amides is 4. The topological polar surface area (TPSA) is 134 Å². The first kappa shape index (κ1) is 23.5. The van der Waals surface area contributed by atoms with Crippen molar-refractivity contribution in [3.63, 3.8) is 0 Å². The number of aromatic nitrogens is 2. The second-order valence-electron chi connectivity index (χ2n) is 7.94. The van der Waals surface area contributed by atoms with Crippen molar-refractivity contribution in [1.29, 1.82) is 0 Å². The van der Waals surface area contributed by atoms with Crippen molar-refractivity contribution < 1.29 is 14.4 Å². The number of carbonyl (C=O) groups is 3. The monoisotopic (exact) mass is 450 g/mol. The number of nitrogens with one attached hydrogen (secondary N) is 4. The number of hydrogen-bond donors (Lipinski definition) is 4. The Morgan fingerprint density at radius 1 is 0.848 bits per heavy atom. The molecule has 0 aliphatic heterocycles. The maximum atomic E-state index is 12.9. The Labute approximate surface area is 190 Å². The summed E-state index contributed by atoms with van der Waals surface area (Å²) in [4.78, 5) is 50.3. The van der Waals surface area contributed by atoms with Crippen LogP contribution in [0.5, 0.6) is 0 Å². The zero-order valence-corrected chi connectivity index (χ0v) is 18.8. The molecule has 172 valence electrons. The summed E-state index contributed by atoms with van der Waals surface area (Å²) in [7, 11) is 0. The van der Waals surface area contributed by atoms with Crippen LogP contribution in [0.3, 0.4) is 0 Å². The SMILES string of the molecule is CC(C)NC(=O)Nc1ccccc1C(=O)NNC(=O)c1nn(C(C)C)c(=O)c2ccccc12. The number of carbonyl (C=O) groups excluding carboxylic acids is 3. The number of para-hydroxylation sites is 1. The molecule has 0 radical (unpaired) electrons. The van der Waals surface area contributed by atoms with Crippen LogP contribution in [0.25, 0.3) is 10.8 Å². The fourth-order valence-corrected chi connectivity index (χ4v) is 3.18. The van der Waals surface area contributed by atoms with Crippen molar-refractivity contribution in [3.05, 3.63) is 70.1 Å². The minimum absolute atomic E-state index is 0.00178. The van der Waals surface area contributed by atoms with Gasteiger partial charge in [-0.15, -0.1) is 0 Å². The van der Waals surface area contributed by atoms with Crippen LogP contribution < -0.4 is 27.0 Å². The summed E-state index contributed by atoms with van der Waals surface area (Å²) in [6.45, 7) is 7.19. The summed E-state index contributed by atoms with van der Waals surface area (Å²) in [5, 5.41) is 10.2. The molecule has 2 aromatic carbocycles. The van der Waals surface area contributed by atoms with Gasteiger partial charge in [0.1, 0.15) is 0 Å². The van der Waals surface area contributed by atoms with E-state index in [2.05, 4.69) is 26.6 Å². The van der Waals surface area contributed by atoms with E-state index in [0.717, 1.165) is 0 Å². The van der Waals surface area contributed by atoms with Gasteiger partial charge in [0.05, 0.1) is 22.7 Å². The highest BCUT2D eigenvalue weighted by atomic mass is 16.2. The van der Waals surface area contributed by atoms with Gasteiger partial charge in [0.15, 0.2) is 5.69 Å². The number of benzene rings is 2. The molecule has 0 bridgehead atoms. The number of fused-ring (bicyclic) bond motifs is 1. The standard InChI is InChI=1S/C23H26N6O4/c1-13(2)24-23(33)25-18-12-8-7-11-17(18)20(30)26-27-21(31)19-15-9-5-6-10-16(15)22(32)29(28-19)14(3)4/h5-14H,1-4H3,(H,26,30)(H,27,31)(H2,24,25,33). The molecule has 0 aliphatic carbocycles. The lowest BCUT2D eigenvalue weighted by Crippen LogP contribution is -2.43. The number of anilines is 1. The average molecular weight is 450 g/mol. The van der Waals surface area contributed by atoms with E-state index >= 15 is 0 Å². The summed E-state index contributed by atoms with van der Waals surface area (Å²) in [6.07, 6.45) is 0. The summed E-state index contributed by atoms with van der Waals surface area (Å²) in [6, 6.07) is 12.2. The van der Waals surface area contributed by atoms with Gasteiger partial charge in [-0.3, -0.25) is 25.2 Å². The highest BCUT2D eigenvalue weighted by Crippen LogP contribution is 2.16. The van der Waals surface area contributed by atoms with E-state index in [-0.39, 0.29) is 34.6 Å². The average Bonchev–Trinajstić information content (AvgIpc) is 2.77. The summed E-state index contributed by atoms with van der Waals surface area (Å²) in [5.41, 5.74) is 4.81. The van der Waals surface area contributed by atoms with E-state index in [1.807, 2.05) is 13.8 Å². The molecule has 1 aromatic heterocycles. The molecule has 10 nitrogen and oxygen atoms in total. The Morgan fingerprint density at radius 2 is 1.45 bits per heavy atom. The number of hydrogen-bond acceptors (Lipinski definition) is 5. The maximum absolute atomic E-state index is 12.9. The summed E-state index contributed by atoms with van der Waals surface area (Å²) < 4.78 is 1.23.